The number of benzene rings is 2. The summed E-state index contributed by atoms with van der Waals surface area (Å²) in [6, 6.07) is 12.3. The van der Waals surface area contributed by atoms with Crippen molar-refractivity contribution in [2.75, 3.05) is 30.9 Å². The van der Waals surface area contributed by atoms with E-state index in [0.29, 0.717) is 21.3 Å². The molecule has 1 N–H and O–H groups in total. The van der Waals surface area contributed by atoms with Crippen LogP contribution in [0.5, 0.6) is 0 Å². The minimum atomic E-state index is -0.576. The number of rotatable bonds is 6. The van der Waals surface area contributed by atoms with E-state index in [1.807, 2.05) is 31.1 Å². The fourth-order valence-corrected chi connectivity index (χ4v) is 2.61. The van der Waals surface area contributed by atoms with Gasteiger partial charge in [-0.2, -0.15) is 0 Å². The molecule has 0 fully saturated rings. The van der Waals surface area contributed by atoms with Gasteiger partial charge in [-0.05, 0) is 36.4 Å². The van der Waals surface area contributed by atoms with Crippen LogP contribution in [0.25, 0.3) is 0 Å². The molecule has 5 nitrogen and oxygen atoms in total. The van der Waals surface area contributed by atoms with Crippen molar-refractivity contribution in [3.8, 4) is 0 Å². The van der Waals surface area contributed by atoms with E-state index in [2.05, 4.69) is 5.32 Å². The van der Waals surface area contributed by atoms with Crippen molar-refractivity contribution in [1.82, 2.24) is 0 Å². The van der Waals surface area contributed by atoms with E-state index in [-0.39, 0.29) is 13.0 Å². The summed E-state index contributed by atoms with van der Waals surface area (Å²) in [6.07, 6.45) is -0.0939. The molecule has 0 unspecified atom stereocenters. The van der Waals surface area contributed by atoms with Gasteiger partial charge in [0.2, 0.25) is 0 Å². The number of hydrogen-bond donors (Lipinski definition) is 1. The molecule has 0 aliphatic rings. The van der Waals surface area contributed by atoms with Crippen LogP contribution in [0.15, 0.2) is 42.5 Å². The Morgan fingerprint density at radius 3 is 2.20 bits per heavy atom. The van der Waals surface area contributed by atoms with Crippen molar-refractivity contribution in [2.45, 2.75) is 6.42 Å². The lowest BCUT2D eigenvalue weighted by atomic mass is 10.1. The second kappa shape index (κ2) is 8.74. The topological polar surface area (TPSA) is 58.6 Å². The highest BCUT2D eigenvalue weighted by Gasteiger charge is 2.13. The molecule has 0 atom stereocenters. The maximum absolute atomic E-state index is 11.9. The first kappa shape index (κ1) is 19.1. The molecule has 0 aliphatic carbocycles. The van der Waals surface area contributed by atoms with Crippen molar-refractivity contribution in [1.29, 1.82) is 0 Å². The first-order valence-electron chi connectivity index (χ1n) is 7.52. The zero-order chi connectivity index (χ0) is 18.4. The van der Waals surface area contributed by atoms with Crippen LogP contribution in [-0.2, 0) is 20.7 Å². The largest absolute Gasteiger partial charge is 0.455 e. The van der Waals surface area contributed by atoms with Crippen LogP contribution in [0.1, 0.15) is 5.56 Å². The second-order valence-electron chi connectivity index (χ2n) is 5.53. The van der Waals surface area contributed by atoms with Crippen LogP contribution < -0.4 is 10.2 Å². The molecule has 0 radical (unpaired) electrons. The van der Waals surface area contributed by atoms with Crippen molar-refractivity contribution < 1.29 is 14.3 Å². The molecule has 7 heteroatoms. The van der Waals surface area contributed by atoms with Gasteiger partial charge >= 0.3 is 5.97 Å². The molecule has 0 saturated carbocycles. The Kier molecular flexibility index (Phi) is 6.67. The van der Waals surface area contributed by atoms with Crippen LogP contribution in [0, 0.1) is 0 Å². The Bertz CT molecular complexity index is 741. The highest BCUT2D eigenvalue weighted by Crippen LogP contribution is 2.24. The average molecular weight is 381 g/mol. The Morgan fingerprint density at radius 1 is 1.04 bits per heavy atom. The molecule has 1 amide bonds. The van der Waals surface area contributed by atoms with Crippen molar-refractivity contribution in [3.63, 3.8) is 0 Å². The second-order valence-corrected chi connectivity index (χ2v) is 6.34. The molecule has 0 aromatic heterocycles. The number of hydrogen-bond acceptors (Lipinski definition) is 4. The molecule has 0 aliphatic heterocycles. The fraction of sp³-hybridized carbons (Fsp3) is 0.222. The number of nitrogens with zero attached hydrogens (tertiary/aromatic N) is 1. The minimum absolute atomic E-state index is 0.0939. The first-order chi connectivity index (χ1) is 11.9. The molecule has 2 rings (SSSR count). The lowest BCUT2D eigenvalue weighted by molar-refractivity contribution is -0.146. The van der Waals surface area contributed by atoms with Gasteiger partial charge in [-0.15, -0.1) is 0 Å². The van der Waals surface area contributed by atoms with E-state index in [1.165, 1.54) is 0 Å². The van der Waals surface area contributed by atoms with E-state index in [4.69, 9.17) is 27.9 Å². The molecule has 0 heterocycles. The summed E-state index contributed by atoms with van der Waals surface area (Å²) in [5.74, 6) is -0.996. The Labute approximate surface area is 156 Å². The minimum Gasteiger partial charge on any atom is -0.455 e. The van der Waals surface area contributed by atoms with E-state index >= 15 is 0 Å². The Hall–Kier alpha value is -2.24. The number of nitrogens with one attached hydrogen (secondary N) is 1. The molecular weight excluding hydrogens is 363 g/mol. The highest BCUT2D eigenvalue weighted by molar-refractivity contribution is 6.36. The number of carbonyl (C=O) groups is 2. The number of anilines is 2. The molecule has 2 aromatic rings. The Balaban J connectivity index is 1.84. The van der Waals surface area contributed by atoms with E-state index in [1.54, 1.807) is 30.3 Å². The normalized spacial score (nSPS) is 10.2. The van der Waals surface area contributed by atoms with Crippen molar-refractivity contribution >= 4 is 46.5 Å². The highest BCUT2D eigenvalue weighted by atomic mass is 35.5. The monoisotopic (exact) mass is 380 g/mol. The maximum atomic E-state index is 11.9. The first-order valence-corrected chi connectivity index (χ1v) is 8.28. The SMILES string of the molecule is CN(C)c1ccc(NC(=O)COC(=O)Cc2c(Cl)cccc2Cl)cc1. The van der Waals surface area contributed by atoms with E-state index < -0.39 is 11.9 Å². The predicted molar refractivity (Wildman–Crippen MR) is 101 cm³/mol. The summed E-state index contributed by atoms with van der Waals surface area (Å²) in [7, 11) is 3.86. The molecule has 0 bridgehead atoms. The third-order valence-electron chi connectivity index (χ3n) is 3.41. The number of halogens is 2. The van der Waals surface area contributed by atoms with Gasteiger partial charge < -0.3 is 15.0 Å². The third kappa shape index (κ3) is 5.66. The fourth-order valence-electron chi connectivity index (χ4n) is 2.08. The maximum Gasteiger partial charge on any atom is 0.310 e. The van der Waals surface area contributed by atoms with Gasteiger partial charge in [0.05, 0.1) is 6.42 Å². The lowest BCUT2D eigenvalue weighted by Gasteiger charge is -2.13. The average Bonchev–Trinajstić information content (AvgIpc) is 2.57. The van der Waals surface area contributed by atoms with Gasteiger partial charge in [-0.25, -0.2) is 0 Å². The van der Waals surface area contributed by atoms with Gasteiger partial charge in [0.25, 0.3) is 5.91 Å². The summed E-state index contributed by atoms with van der Waals surface area (Å²) in [5, 5.41) is 3.43. The van der Waals surface area contributed by atoms with Gasteiger partial charge in [0.15, 0.2) is 6.61 Å². The molecule has 25 heavy (non-hydrogen) atoms. The lowest BCUT2D eigenvalue weighted by Crippen LogP contribution is -2.21. The smallest absolute Gasteiger partial charge is 0.310 e. The number of amides is 1. The summed E-state index contributed by atoms with van der Waals surface area (Å²) in [6.45, 7) is -0.379. The van der Waals surface area contributed by atoms with Crippen molar-refractivity contribution in [3.05, 3.63) is 58.1 Å². The Morgan fingerprint density at radius 2 is 1.64 bits per heavy atom. The molecule has 0 saturated heterocycles. The van der Waals surface area contributed by atoms with Gasteiger partial charge in [0.1, 0.15) is 0 Å². The van der Waals surface area contributed by atoms with Gasteiger partial charge in [0, 0.05) is 41.1 Å². The van der Waals surface area contributed by atoms with Crippen molar-refractivity contribution in [2.24, 2.45) is 0 Å². The number of ether oxygens (including phenoxy) is 1. The molecule has 132 valence electrons. The van der Waals surface area contributed by atoms with Crippen LogP contribution in [-0.4, -0.2) is 32.6 Å². The van der Waals surface area contributed by atoms with E-state index in [9.17, 15) is 9.59 Å². The van der Waals surface area contributed by atoms with E-state index in [0.717, 1.165) is 5.69 Å². The quantitative estimate of drug-likeness (QED) is 0.774. The molecule has 0 spiro atoms. The van der Waals surface area contributed by atoms with Crippen LogP contribution in [0.2, 0.25) is 10.0 Å². The zero-order valence-corrected chi connectivity index (χ0v) is 15.4. The number of carbonyl (C=O) groups excluding carboxylic acids is 2. The summed E-state index contributed by atoms with van der Waals surface area (Å²) in [5.41, 5.74) is 2.12. The van der Waals surface area contributed by atoms with Crippen LogP contribution in [0.3, 0.4) is 0 Å². The molecule has 2 aromatic carbocycles. The summed E-state index contributed by atoms with van der Waals surface area (Å²) < 4.78 is 4.98. The van der Waals surface area contributed by atoms with Gasteiger partial charge in [-0.1, -0.05) is 29.3 Å². The molecular formula is C18H18Cl2N2O3. The van der Waals surface area contributed by atoms with Gasteiger partial charge in [-0.3, -0.25) is 9.59 Å². The van der Waals surface area contributed by atoms with Crippen LogP contribution in [0.4, 0.5) is 11.4 Å². The summed E-state index contributed by atoms with van der Waals surface area (Å²) in [4.78, 5) is 25.7. The summed E-state index contributed by atoms with van der Waals surface area (Å²) >= 11 is 12.0. The number of esters is 1. The zero-order valence-electron chi connectivity index (χ0n) is 13.9. The predicted octanol–water partition coefficient (Wildman–Crippen LogP) is 3.78. The third-order valence-corrected chi connectivity index (χ3v) is 4.12. The van der Waals surface area contributed by atoms with Crippen LogP contribution >= 0.6 is 23.2 Å². The standard InChI is InChI=1S/C18H18Cl2N2O3/c1-22(2)13-8-6-12(7-9-13)21-17(23)11-25-18(24)10-14-15(19)4-3-5-16(14)20/h3-9H,10-11H2,1-2H3,(H,21,23).